The van der Waals surface area contributed by atoms with Gasteiger partial charge in [-0.1, -0.05) is 25.1 Å². The van der Waals surface area contributed by atoms with Gasteiger partial charge in [-0.3, -0.25) is 4.90 Å². The van der Waals surface area contributed by atoms with Crippen LogP contribution in [0.3, 0.4) is 0 Å². The van der Waals surface area contributed by atoms with Gasteiger partial charge in [0.2, 0.25) is 0 Å². The average molecular weight is 292 g/mol. The monoisotopic (exact) mass is 292 g/mol. The Bertz CT molecular complexity index is 438. The van der Waals surface area contributed by atoms with Crippen molar-refractivity contribution < 1.29 is 14.6 Å². The molecule has 0 bridgehead atoms. The minimum atomic E-state index is -0.293. The molecule has 0 aromatic heterocycles. The molecule has 1 unspecified atom stereocenters. The van der Waals surface area contributed by atoms with E-state index in [0.29, 0.717) is 25.4 Å². The van der Waals surface area contributed by atoms with Gasteiger partial charge < -0.3 is 14.7 Å². The molecule has 1 aliphatic heterocycles. The number of carbonyl (C=O) groups is 1. The minimum Gasteiger partial charge on any atom is -0.410 e. The SMILES string of the molecule is CCC(O)CN1CCCN(C(=O)Oc2ccccc2)CC1. The largest absolute Gasteiger partial charge is 0.415 e. The number of nitrogens with zero attached hydrogens (tertiary/aromatic N) is 2. The van der Waals surface area contributed by atoms with Crippen LogP contribution in [0.15, 0.2) is 30.3 Å². The number of aliphatic hydroxyl groups excluding tert-OH is 1. The van der Waals surface area contributed by atoms with E-state index in [1.54, 1.807) is 17.0 Å². The van der Waals surface area contributed by atoms with Crippen molar-refractivity contribution >= 4 is 6.09 Å². The molecule has 1 N–H and O–H groups in total. The highest BCUT2D eigenvalue weighted by atomic mass is 16.6. The maximum absolute atomic E-state index is 12.1. The number of aliphatic hydroxyl groups is 1. The number of β-amino-alcohol motifs (C(OH)–C–C–N with tert-alkyl or cyclic N) is 1. The Balaban J connectivity index is 1.83. The molecule has 5 nitrogen and oxygen atoms in total. The third-order valence-corrected chi connectivity index (χ3v) is 3.74. The van der Waals surface area contributed by atoms with Crippen molar-refractivity contribution in [3.05, 3.63) is 30.3 Å². The summed E-state index contributed by atoms with van der Waals surface area (Å²) >= 11 is 0. The van der Waals surface area contributed by atoms with Crippen LogP contribution >= 0.6 is 0 Å². The second-order valence-electron chi connectivity index (χ2n) is 5.38. The van der Waals surface area contributed by atoms with Gasteiger partial charge in [0.25, 0.3) is 0 Å². The Morgan fingerprint density at radius 1 is 1.24 bits per heavy atom. The van der Waals surface area contributed by atoms with Crippen molar-refractivity contribution in [3.63, 3.8) is 0 Å². The van der Waals surface area contributed by atoms with Crippen LogP contribution in [0.1, 0.15) is 19.8 Å². The van der Waals surface area contributed by atoms with Gasteiger partial charge in [-0.25, -0.2) is 4.79 Å². The van der Waals surface area contributed by atoms with Gasteiger partial charge in [-0.05, 0) is 31.5 Å². The number of amides is 1. The molecule has 1 heterocycles. The standard InChI is InChI=1S/C16H24N2O3/c1-2-14(19)13-17-9-6-10-18(12-11-17)16(20)21-15-7-4-3-5-8-15/h3-5,7-8,14,19H,2,6,9-13H2,1H3. The second kappa shape index (κ2) is 8.00. The van der Waals surface area contributed by atoms with Crippen molar-refractivity contribution in [1.29, 1.82) is 0 Å². The Morgan fingerprint density at radius 2 is 2.00 bits per heavy atom. The maximum atomic E-state index is 12.1. The minimum absolute atomic E-state index is 0.284. The molecule has 21 heavy (non-hydrogen) atoms. The maximum Gasteiger partial charge on any atom is 0.415 e. The van der Waals surface area contributed by atoms with E-state index >= 15 is 0 Å². The van der Waals surface area contributed by atoms with Crippen molar-refractivity contribution in [1.82, 2.24) is 9.80 Å². The Hall–Kier alpha value is -1.59. The van der Waals surface area contributed by atoms with Gasteiger partial charge in [0.05, 0.1) is 6.10 Å². The van der Waals surface area contributed by atoms with E-state index in [4.69, 9.17) is 4.74 Å². The van der Waals surface area contributed by atoms with E-state index in [1.165, 1.54) is 0 Å². The predicted molar refractivity (Wildman–Crippen MR) is 81.4 cm³/mol. The molecule has 1 aromatic rings. The molecule has 1 amide bonds. The zero-order chi connectivity index (χ0) is 15.1. The first-order valence-electron chi connectivity index (χ1n) is 7.61. The summed E-state index contributed by atoms with van der Waals surface area (Å²) in [5.74, 6) is 0.574. The summed E-state index contributed by atoms with van der Waals surface area (Å²) < 4.78 is 5.37. The first-order valence-corrected chi connectivity index (χ1v) is 7.61. The summed E-state index contributed by atoms with van der Waals surface area (Å²) in [6.07, 6.45) is 1.09. The summed E-state index contributed by atoms with van der Waals surface area (Å²) in [5, 5.41) is 9.73. The lowest BCUT2D eigenvalue weighted by atomic mass is 10.2. The van der Waals surface area contributed by atoms with Crippen LogP contribution in [-0.2, 0) is 0 Å². The molecule has 5 heteroatoms. The van der Waals surface area contributed by atoms with Gasteiger partial charge in [0.15, 0.2) is 0 Å². The Morgan fingerprint density at radius 3 is 2.71 bits per heavy atom. The first-order chi connectivity index (χ1) is 10.2. The lowest BCUT2D eigenvalue weighted by molar-refractivity contribution is 0.110. The number of carbonyl (C=O) groups excluding carboxylic acids is 1. The van der Waals surface area contributed by atoms with E-state index in [9.17, 15) is 9.90 Å². The van der Waals surface area contributed by atoms with Crippen LogP contribution in [0.5, 0.6) is 5.75 Å². The second-order valence-corrected chi connectivity index (χ2v) is 5.38. The number of benzene rings is 1. The highest BCUT2D eigenvalue weighted by Gasteiger charge is 2.21. The molecule has 116 valence electrons. The van der Waals surface area contributed by atoms with Crippen LogP contribution in [0.2, 0.25) is 0 Å². The van der Waals surface area contributed by atoms with Crippen LogP contribution in [0.25, 0.3) is 0 Å². The predicted octanol–water partition coefficient (Wildman–Crippen LogP) is 1.96. The van der Waals surface area contributed by atoms with Crippen LogP contribution < -0.4 is 4.74 Å². The fourth-order valence-corrected chi connectivity index (χ4v) is 2.42. The van der Waals surface area contributed by atoms with Gasteiger partial charge in [0, 0.05) is 26.2 Å². The van der Waals surface area contributed by atoms with Gasteiger partial charge >= 0.3 is 6.09 Å². The lowest BCUT2D eigenvalue weighted by Crippen LogP contribution is -2.38. The zero-order valence-corrected chi connectivity index (χ0v) is 12.6. The molecule has 1 aromatic carbocycles. The molecule has 1 atom stereocenters. The molecule has 1 saturated heterocycles. The lowest BCUT2D eigenvalue weighted by Gasteiger charge is -2.23. The van der Waals surface area contributed by atoms with E-state index in [0.717, 1.165) is 25.9 Å². The van der Waals surface area contributed by atoms with Crippen LogP contribution in [0.4, 0.5) is 4.79 Å². The van der Waals surface area contributed by atoms with Crippen molar-refractivity contribution in [2.45, 2.75) is 25.9 Å². The summed E-state index contributed by atoms with van der Waals surface area (Å²) in [4.78, 5) is 16.1. The Labute approximate surface area is 126 Å². The van der Waals surface area contributed by atoms with Gasteiger partial charge in [-0.15, -0.1) is 0 Å². The number of hydrogen-bond acceptors (Lipinski definition) is 4. The molecule has 0 spiro atoms. The number of para-hydroxylation sites is 1. The van der Waals surface area contributed by atoms with E-state index in [1.807, 2.05) is 25.1 Å². The van der Waals surface area contributed by atoms with Crippen molar-refractivity contribution in [3.8, 4) is 5.75 Å². The highest BCUT2D eigenvalue weighted by molar-refractivity contribution is 5.70. The molecule has 1 aliphatic rings. The number of hydrogen-bond donors (Lipinski definition) is 1. The Kier molecular flexibility index (Phi) is 6.02. The molecular weight excluding hydrogens is 268 g/mol. The van der Waals surface area contributed by atoms with E-state index in [2.05, 4.69) is 4.90 Å². The summed E-state index contributed by atoms with van der Waals surface area (Å²) in [6, 6.07) is 9.14. The normalized spacial score (nSPS) is 18.1. The first kappa shape index (κ1) is 15.8. The fourth-order valence-electron chi connectivity index (χ4n) is 2.42. The third-order valence-electron chi connectivity index (χ3n) is 3.74. The smallest absolute Gasteiger partial charge is 0.410 e. The van der Waals surface area contributed by atoms with E-state index in [-0.39, 0.29) is 12.2 Å². The number of ether oxygens (including phenoxy) is 1. The molecule has 0 saturated carbocycles. The molecule has 1 fully saturated rings. The molecule has 0 radical (unpaired) electrons. The average Bonchev–Trinajstić information content (AvgIpc) is 2.74. The van der Waals surface area contributed by atoms with Crippen molar-refractivity contribution in [2.24, 2.45) is 0 Å². The van der Waals surface area contributed by atoms with E-state index < -0.39 is 0 Å². The van der Waals surface area contributed by atoms with Crippen LogP contribution in [0, 0.1) is 0 Å². The quantitative estimate of drug-likeness (QED) is 0.922. The molecule has 2 rings (SSSR count). The summed E-state index contributed by atoms with van der Waals surface area (Å²) in [7, 11) is 0. The molecule has 0 aliphatic carbocycles. The fraction of sp³-hybridized carbons (Fsp3) is 0.562. The van der Waals surface area contributed by atoms with Crippen LogP contribution in [-0.4, -0.2) is 59.8 Å². The number of rotatable bonds is 4. The summed E-state index contributed by atoms with van der Waals surface area (Å²) in [6.45, 7) is 5.68. The highest BCUT2D eigenvalue weighted by Crippen LogP contribution is 2.12. The topological polar surface area (TPSA) is 53.0 Å². The third kappa shape index (κ3) is 5.02. The molecular formula is C16H24N2O3. The summed E-state index contributed by atoms with van der Waals surface area (Å²) in [5.41, 5.74) is 0. The zero-order valence-electron chi connectivity index (χ0n) is 12.6. The van der Waals surface area contributed by atoms with Gasteiger partial charge in [-0.2, -0.15) is 0 Å². The van der Waals surface area contributed by atoms with Crippen molar-refractivity contribution in [2.75, 3.05) is 32.7 Å². The van der Waals surface area contributed by atoms with Gasteiger partial charge in [0.1, 0.15) is 5.75 Å².